The van der Waals surface area contributed by atoms with Crippen LogP contribution in [-0.2, 0) is 0 Å². The molecule has 0 unspecified atom stereocenters. The van der Waals surface area contributed by atoms with E-state index in [1.807, 2.05) is 22.7 Å². The lowest BCUT2D eigenvalue weighted by molar-refractivity contribution is -0.509. The zero-order valence-electron chi connectivity index (χ0n) is 14.2. The highest BCUT2D eigenvalue weighted by atomic mass is 79.9. The van der Waals surface area contributed by atoms with E-state index >= 15 is 0 Å². The van der Waals surface area contributed by atoms with E-state index in [2.05, 4.69) is 25.3 Å². The first-order valence-electron chi connectivity index (χ1n) is 8.04. The molecule has 1 N–H and O–H groups in total. The number of halogens is 1. The molecule has 0 spiro atoms. The fourth-order valence-electron chi connectivity index (χ4n) is 3.60. The van der Waals surface area contributed by atoms with E-state index in [9.17, 15) is 5.11 Å². The molecule has 0 saturated carbocycles. The Bertz CT molecular complexity index is 1190. The average molecular weight is 414 g/mol. The van der Waals surface area contributed by atoms with Gasteiger partial charge in [-0.1, -0.05) is 0 Å². The summed E-state index contributed by atoms with van der Waals surface area (Å²) in [4.78, 5) is 0. The van der Waals surface area contributed by atoms with Crippen LogP contribution in [0.2, 0.25) is 0 Å². The number of ether oxygens (including phenoxy) is 3. The van der Waals surface area contributed by atoms with Crippen molar-refractivity contribution in [3.8, 4) is 23.0 Å². The summed E-state index contributed by atoms with van der Waals surface area (Å²) in [6.45, 7) is 2.30. The van der Waals surface area contributed by atoms with Crippen LogP contribution in [0.15, 0.2) is 42.7 Å². The first-order chi connectivity index (χ1) is 12.2. The Morgan fingerprint density at radius 3 is 2.73 bits per heavy atom. The van der Waals surface area contributed by atoms with E-state index in [-0.39, 0.29) is 29.5 Å². The van der Waals surface area contributed by atoms with Gasteiger partial charge in [0.25, 0.3) is 0 Å². The molecule has 4 aromatic rings. The summed E-state index contributed by atoms with van der Waals surface area (Å²) in [6, 6.07) is 9.78. The van der Waals surface area contributed by atoms with Gasteiger partial charge >= 0.3 is 0 Å². The lowest BCUT2D eigenvalue weighted by atomic mass is 10.0. The second kappa shape index (κ2) is 5.92. The zero-order chi connectivity index (χ0) is 17.1. The Morgan fingerprint density at radius 2 is 1.92 bits per heavy atom. The Kier molecular flexibility index (Phi) is 3.80. The number of aromatic hydroxyl groups is 1. The number of benzene rings is 2. The summed E-state index contributed by atoms with van der Waals surface area (Å²) in [7, 11) is 1.55. The van der Waals surface area contributed by atoms with Gasteiger partial charge in [-0.25, -0.2) is 0 Å². The predicted octanol–water partition coefficient (Wildman–Crippen LogP) is 0.487. The number of phenolic OH excluding ortho intramolecular Hbond substituents is 1. The van der Waals surface area contributed by atoms with Crippen LogP contribution in [0.25, 0.3) is 27.1 Å². The van der Waals surface area contributed by atoms with Gasteiger partial charge in [0.2, 0.25) is 12.3 Å². The Balaban J connectivity index is 0.00000168. The minimum absolute atomic E-state index is 0. The SMILES string of the molecule is COc1ccc2cc3c4c5c(ccc4c(C)c[n+]3cc2c1O)OCO5.[Br-]. The molecular weight excluding hydrogens is 398 g/mol. The number of hydrogen-bond acceptors (Lipinski definition) is 4. The van der Waals surface area contributed by atoms with Crippen LogP contribution in [0.3, 0.4) is 0 Å². The number of rotatable bonds is 1. The molecule has 3 heterocycles. The maximum absolute atomic E-state index is 10.5. The second-order valence-corrected chi connectivity index (χ2v) is 6.22. The number of methoxy groups -OCH3 is 1. The minimum atomic E-state index is 0. The molecule has 6 heteroatoms. The summed E-state index contributed by atoms with van der Waals surface area (Å²) in [5.41, 5.74) is 2.12. The third-order valence-corrected chi connectivity index (χ3v) is 4.83. The number of nitrogens with zero attached hydrogens (tertiary/aromatic N) is 1. The van der Waals surface area contributed by atoms with E-state index in [4.69, 9.17) is 14.2 Å². The number of phenols is 1. The standard InChI is InChI=1S/C20H15NO4.BrH/c1-11-8-21-9-14-12(3-5-16(23-2)19(14)22)7-15(21)18-13(11)4-6-17-20(18)25-10-24-17;/h3-9H,10H2,1-2H3;1H. The van der Waals surface area contributed by atoms with Gasteiger partial charge < -0.3 is 36.3 Å². The van der Waals surface area contributed by atoms with Crippen molar-refractivity contribution in [1.82, 2.24) is 0 Å². The fourth-order valence-corrected chi connectivity index (χ4v) is 3.60. The maximum atomic E-state index is 10.5. The van der Waals surface area contributed by atoms with Crippen molar-refractivity contribution >= 4 is 27.1 Å². The van der Waals surface area contributed by atoms with Crippen molar-refractivity contribution in [2.24, 2.45) is 0 Å². The number of aromatic nitrogens is 1. The summed E-state index contributed by atoms with van der Waals surface area (Å²) >= 11 is 0. The van der Waals surface area contributed by atoms with E-state index < -0.39 is 0 Å². The van der Waals surface area contributed by atoms with Crippen LogP contribution in [0.5, 0.6) is 23.0 Å². The van der Waals surface area contributed by atoms with Crippen molar-refractivity contribution < 1.29 is 40.7 Å². The minimum Gasteiger partial charge on any atom is -1.00 e. The zero-order valence-corrected chi connectivity index (χ0v) is 15.8. The van der Waals surface area contributed by atoms with Crippen molar-refractivity contribution in [2.45, 2.75) is 6.92 Å². The number of hydrogen-bond donors (Lipinski definition) is 1. The lowest BCUT2D eigenvalue weighted by Crippen LogP contribution is -3.00. The number of aryl methyl sites for hydroxylation is 1. The molecule has 0 fully saturated rings. The molecule has 5 rings (SSSR count). The monoisotopic (exact) mass is 413 g/mol. The van der Waals surface area contributed by atoms with Gasteiger partial charge in [0, 0.05) is 17.0 Å². The Labute approximate surface area is 160 Å². The molecule has 0 radical (unpaired) electrons. The van der Waals surface area contributed by atoms with Crippen molar-refractivity contribution in [3.63, 3.8) is 0 Å². The molecular formula is C20H16BrNO4. The Morgan fingerprint density at radius 1 is 1.08 bits per heavy atom. The normalized spacial score (nSPS) is 12.5. The van der Waals surface area contributed by atoms with Gasteiger partial charge in [-0.05, 0) is 36.6 Å². The van der Waals surface area contributed by atoms with Gasteiger partial charge in [0.05, 0.1) is 12.5 Å². The van der Waals surface area contributed by atoms with Gasteiger partial charge in [0.1, 0.15) is 5.39 Å². The molecule has 26 heavy (non-hydrogen) atoms. The topological polar surface area (TPSA) is 52.0 Å². The van der Waals surface area contributed by atoms with Crippen LogP contribution in [0.1, 0.15) is 5.56 Å². The predicted molar refractivity (Wildman–Crippen MR) is 93.7 cm³/mol. The summed E-state index contributed by atoms with van der Waals surface area (Å²) in [5, 5.41) is 14.3. The lowest BCUT2D eigenvalue weighted by Gasteiger charge is -2.08. The third kappa shape index (κ3) is 2.18. The first-order valence-corrected chi connectivity index (χ1v) is 8.04. The molecule has 2 aromatic carbocycles. The summed E-state index contributed by atoms with van der Waals surface area (Å²) < 4.78 is 18.5. The van der Waals surface area contributed by atoms with Crippen molar-refractivity contribution in [3.05, 3.63) is 48.3 Å². The second-order valence-electron chi connectivity index (χ2n) is 6.22. The molecule has 0 amide bonds. The van der Waals surface area contributed by atoms with E-state index in [1.54, 1.807) is 13.2 Å². The van der Waals surface area contributed by atoms with Gasteiger partial charge in [0.15, 0.2) is 35.4 Å². The molecule has 0 saturated heterocycles. The first kappa shape index (κ1) is 16.7. The van der Waals surface area contributed by atoms with E-state index in [0.717, 1.165) is 44.1 Å². The number of pyridine rings is 2. The van der Waals surface area contributed by atoms with Crippen molar-refractivity contribution in [2.75, 3.05) is 13.9 Å². The third-order valence-electron chi connectivity index (χ3n) is 4.83. The van der Waals surface area contributed by atoms with Crippen LogP contribution >= 0.6 is 0 Å². The Hall–Kier alpha value is -2.73. The van der Waals surface area contributed by atoms with Gasteiger partial charge in [-0.15, -0.1) is 0 Å². The van der Waals surface area contributed by atoms with Crippen LogP contribution in [-0.4, -0.2) is 19.0 Å². The summed E-state index contributed by atoms with van der Waals surface area (Å²) in [5.74, 6) is 2.14. The largest absolute Gasteiger partial charge is 1.00 e. The molecule has 0 atom stereocenters. The van der Waals surface area contributed by atoms with Gasteiger partial charge in [-0.3, -0.25) is 0 Å². The fraction of sp³-hybridized carbons (Fsp3) is 0.150. The molecule has 0 bridgehead atoms. The molecule has 1 aliphatic rings. The maximum Gasteiger partial charge on any atom is 0.231 e. The molecule has 1 aliphatic heterocycles. The highest BCUT2D eigenvalue weighted by molar-refractivity contribution is 6.04. The van der Waals surface area contributed by atoms with E-state index in [1.165, 1.54) is 0 Å². The van der Waals surface area contributed by atoms with Crippen molar-refractivity contribution in [1.29, 1.82) is 0 Å². The van der Waals surface area contributed by atoms with Crippen LogP contribution < -0.4 is 35.6 Å². The van der Waals surface area contributed by atoms with Gasteiger partial charge in [-0.2, -0.15) is 4.40 Å². The summed E-state index contributed by atoms with van der Waals surface area (Å²) in [6.07, 6.45) is 3.97. The molecule has 132 valence electrons. The molecule has 2 aromatic heterocycles. The average Bonchev–Trinajstić information content (AvgIpc) is 3.10. The van der Waals surface area contributed by atoms with Crippen LogP contribution in [0.4, 0.5) is 0 Å². The smallest absolute Gasteiger partial charge is 0.231 e. The molecule has 0 aliphatic carbocycles. The number of fused-ring (bicyclic) bond motifs is 6. The molecule has 5 nitrogen and oxygen atoms in total. The van der Waals surface area contributed by atoms with Crippen LogP contribution in [0, 0.1) is 6.92 Å². The quantitative estimate of drug-likeness (QED) is 0.280. The van der Waals surface area contributed by atoms with E-state index in [0.29, 0.717) is 5.75 Å². The highest BCUT2D eigenvalue weighted by Gasteiger charge is 2.24. The highest BCUT2D eigenvalue weighted by Crippen LogP contribution is 2.42.